The lowest BCUT2D eigenvalue weighted by Crippen LogP contribution is -2.07. The number of hydrogen-bond acceptors (Lipinski definition) is 5. The first-order chi connectivity index (χ1) is 9.97. The monoisotopic (exact) mass is 327 g/mol. The number of nitrogens with zero attached hydrogens (tertiary/aromatic N) is 1. The Morgan fingerprint density at radius 2 is 2.14 bits per heavy atom. The van der Waals surface area contributed by atoms with Gasteiger partial charge >= 0.3 is 5.63 Å². The zero-order valence-corrected chi connectivity index (χ0v) is 12.5. The quantitative estimate of drug-likeness (QED) is 0.689. The second-order valence-electron chi connectivity index (χ2n) is 4.19. The van der Waals surface area contributed by atoms with Crippen LogP contribution in [0.4, 0.5) is 0 Å². The summed E-state index contributed by atoms with van der Waals surface area (Å²) >= 11 is 11.8. The Bertz CT molecular complexity index is 740. The average molecular weight is 328 g/mol. The van der Waals surface area contributed by atoms with Gasteiger partial charge in [-0.1, -0.05) is 34.4 Å². The molecule has 2 rings (SSSR count). The molecule has 2 aromatic rings. The molecule has 0 amide bonds. The summed E-state index contributed by atoms with van der Waals surface area (Å²) in [6.07, 6.45) is 1.09. The van der Waals surface area contributed by atoms with Crippen molar-refractivity contribution >= 4 is 29.4 Å². The van der Waals surface area contributed by atoms with E-state index >= 15 is 0 Å². The van der Waals surface area contributed by atoms with E-state index in [1.165, 1.54) is 6.07 Å². The molecule has 0 saturated heterocycles. The molecule has 0 aliphatic carbocycles. The van der Waals surface area contributed by atoms with E-state index < -0.39 is 5.63 Å². The van der Waals surface area contributed by atoms with Crippen molar-refractivity contribution < 1.29 is 14.4 Å². The summed E-state index contributed by atoms with van der Waals surface area (Å²) in [6, 6.07) is 6.29. The molecule has 110 valence electrons. The third-order valence-corrected chi connectivity index (χ3v) is 3.17. The maximum atomic E-state index is 11.5. The summed E-state index contributed by atoms with van der Waals surface area (Å²) in [5.74, 6) is 0.0872. The van der Waals surface area contributed by atoms with Crippen molar-refractivity contribution in [1.29, 1.82) is 0 Å². The number of aryl methyl sites for hydroxylation is 1. The number of rotatable bonds is 4. The summed E-state index contributed by atoms with van der Waals surface area (Å²) in [7, 11) is 0. The minimum Gasteiger partial charge on any atom is -0.507 e. The maximum absolute atomic E-state index is 11.5. The molecule has 1 heterocycles. The molecule has 0 bridgehead atoms. The lowest BCUT2D eigenvalue weighted by molar-refractivity contribution is 0.132. The molecule has 0 radical (unpaired) electrons. The molecule has 0 spiro atoms. The second kappa shape index (κ2) is 6.65. The van der Waals surface area contributed by atoms with Gasteiger partial charge in [-0.25, -0.2) is 4.79 Å². The van der Waals surface area contributed by atoms with E-state index in [0.717, 1.165) is 6.21 Å². The highest BCUT2D eigenvalue weighted by Crippen LogP contribution is 2.21. The molecule has 0 atom stereocenters. The van der Waals surface area contributed by atoms with Crippen molar-refractivity contribution in [1.82, 2.24) is 0 Å². The van der Waals surface area contributed by atoms with Crippen LogP contribution in [0, 0.1) is 6.92 Å². The van der Waals surface area contributed by atoms with E-state index in [1.54, 1.807) is 25.1 Å². The molecule has 0 aliphatic heterocycles. The average Bonchev–Trinajstić information content (AvgIpc) is 2.38. The van der Waals surface area contributed by atoms with Crippen molar-refractivity contribution in [3.8, 4) is 5.75 Å². The number of hydrogen-bond donors (Lipinski definition) is 1. The zero-order chi connectivity index (χ0) is 15.4. The van der Waals surface area contributed by atoms with Crippen LogP contribution in [0.3, 0.4) is 0 Å². The number of oxime groups is 1. The highest BCUT2D eigenvalue weighted by molar-refractivity contribution is 6.35. The Morgan fingerprint density at radius 3 is 2.81 bits per heavy atom. The van der Waals surface area contributed by atoms with Crippen molar-refractivity contribution in [2.24, 2.45) is 5.16 Å². The lowest BCUT2D eigenvalue weighted by Gasteiger charge is -2.03. The van der Waals surface area contributed by atoms with Crippen LogP contribution in [0.2, 0.25) is 10.0 Å². The van der Waals surface area contributed by atoms with Crippen LogP contribution in [0.1, 0.15) is 16.9 Å². The Balaban J connectivity index is 2.05. The minimum absolute atomic E-state index is 0.0807. The number of benzene rings is 1. The SMILES string of the molecule is Cc1cc(O)c(/C=N/OCc2ccc(Cl)cc2Cl)c(=O)o1. The van der Waals surface area contributed by atoms with E-state index in [0.29, 0.717) is 21.4 Å². The maximum Gasteiger partial charge on any atom is 0.348 e. The standard InChI is InChI=1S/C14H11Cl2NO4/c1-8-4-13(18)11(14(19)21-8)6-17-20-7-9-2-3-10(15)5-12(9)16/h2-6,18H,7H2,1H3/b17-6+. The lowest BCUT2D eigenvalue weighted by atomic mass is 10.2. The Morgan fingerprint density at radius 1 is 1.38 bits per heavy atom. The van der Waals surface area contributed by atoms with E-state index in [1.807, 2.05) is 0 Å². The second-order valence-corrected chi connectivity index (χ2v) is 5.03. The van der Waals surface area contributed by atoms with Crippen LogP contribution in [0.15, 0.2) is 38.6 Å². The normalized spacial score (nSPS) is 11.0. The summed E-state index contributed by atoms with van der Waals surface area (Å²) in [6.45, 7) is 1.66. The Labute approximate surface area is 130 Å². The van der Waals surface area contributed by atoms with Gasteiger partial charge in [0.15, 0.2) is 0 Å². The van der Waals surface area contributed by atoms with Crippen LogP contribution in [0.5, 0.6) is 5.75 Å². The van der Waals surface area contributed by atoms with E-state index in [-0.39, 0.29) is 17.9 Å². The minimum atomic E-state index is -0.690. The van der Waals surface area contributed by atoms with Gasteiger partial charge in [0.05, 0.1) is 6.21 Å². The molecule has 21 heavy (non-hydrogen) atoms. The van der Waals surface area contributed by atoms with Gasteiger partial charge < -0.3 is 14.4 Å². The van der Waals surface area contributed by atoms with Gasteiger partial charge in [0.2, 0.25) is 0 Å². The number of halogens is 2. The molecule has 1 N–H and O–H groups in total. The fourth-order valence-electron chi connectivity index (χ4n) is 1.56. The van der Waals surface area contributed by atoms with Crippen LogP contribution < -0.4 is 5.63 Å². The van der Waals surface area contributed by atoms with Crippen molar-refractivity contribution in [2.75, 3.05) is 0 Å². The largest absolute Gasteiger partial charge is 0.507 e. The van der Waals surface area contributed by atoms with E-state index in [4.69, 9.17) is 32.5 Å². The first kappa shape index (κ1) is 15.4. The summed E-state index contributed by atoms with van der Waals surface area (Å²) in [5.41, 5.74) is -0.0782. The third kappa shape index (κ3) is 4.00. The van der Waals surface area contributed by atoms with E-state index in [2.05, 4.69) is 5.16 Å². The summed E-state index contributed by atoms with van der Waals surface area (Å²) in [4.78, 5) is 16.5. The van der Waals surface area contributed by atoms with Gasteiger partial charge in [-0.3, -0.25) is 0 Å². The molecule has 0 saturated carbocycles. The molecule has 0 unspecified atom stereocenters. The van der Waals surface area contributed by atoms with Gasteiger partial charge in [0.25, 0.3) is 0 Å². The fourth-order valence-corrected chi connectivity index (χ4v) is 2.02. The van der Waals surface area contributed by atoms with Gasteiger partial charge in [-0.05, 0) is 19.1 Å². The Hall–Kier alpha value is -1.98. The van der Waals surface area contributed by atoms with Gasteiger partial charge in [0.1, 0.15) is 23.7 Å². The van der Waals surface area contributed by atoms with Crippen molar-refractivity contribution in [2.45, 2.75) is 13.5 Å². The molecular formula is C14H11Cl2NO4. The van der Waals surface area contributed by atoms with Crippen LogP contribution >= 0.6 is 23.2 Å². The van der Waals surface area contributed by atoms with Crippen LogP contribution in [-0.2, 0) is 11.4 Å². The molecule has 5 nitrogen and oxygen atoms in total. The fraction of sp³-hybridized carbons (Fsp3) is 0.143. The van der Waals surface area contributed by atoms with Crippen molar-refractivity contribution in [3.05, 3.63) is 61.6 Å². The summed E-state index contributed by atoms with van der Waals surface area (Å²) < 4.78 is 4.84. The summed E-state index contributed by atoms with van der Waals surface area (Å²) in [5, 5.41) is 14.2. The van der Waals surface area contributed by atoms with E-state index in [9.17, 15) is 9.90 Å². The zero-order valence-electron chi connectivity index (χ0n) is 11.0. The highest BCUT2D eigenvalue weighted by Gasteiger charge is 2.07. The van der Waals surface area contributed by atoms with Crippen molar-refractivity contribution in [3.63, 3.8) is 0 Å². The third-order valence-electron chi connectivity index (χ3n) is 2.58. The van der Waals surface area contributed by atoms with Gasteiger partial charge in [-0.15, -0.1) is 0 Å². The molecule has 7 heteroatoms. The Kier molecular flexibility index (Phi) is 4.88. The number of aromatic hydroxyl groups is 1. The molecule has 0 aliphatic rings. The molecule has 1 aromatic carbocycles. The molecule has 1 aromatic heterocycles. The van der Waals surface area contributed by atoms with Gasteiger partial charge in [-0.2, -0.15) is 0 Å². The first-order valence-electron chi connectivity index (χ1n) is 5.90. The highest BCUT2D eigenvalue weighted by atomic mass is 35.5. The molecule has 0 fully saturated rings. The predicted molar refractivity (Wildman–Crippen MR) is 80.2 cm³/mol. The van der Waals surface area contributed by atoms with Gasteiger partial charge in [0, 0.05) is 21.7 Å². The smallest absolute Gasteiger partial charge is 0.348 e. The first-order valence-corrected chi connectivity index (χ1v) is 6.66. The topological polar surface area (TPSA) is 72.0 Å². The van der Waals surface area contributed by atoms with Crippen LogP contribution in [0.25, 0.3) is 0 Å². The van der Waals surface area contributed by atoms with Crippen LogP contribution in [-0.4, -0.2) is 11.3 Å². The predicted octanol–water partition coefficient (Wildman–Crippen LogP) is 3.51. The molecular weight excluding hydrogens is 317 g/mol.